The van der Waals surface area contributed by atoms with Crippen LogP contribution < -0.4 is 4.90 Å². The minimum atomic E-state index is 0.238. The molecule has 0 N–H and O–H groups in total. The van der Waals surface area contributed by atoms with Gasteiger partial charge < -0.3 is 9.80 Å². The van der Waals surface area contributed by atoms with Crippen LogP contribution in [0.15, 0.2) is 36.9 Å². The van der Waals surface area contributed by atoms with Gasteiger partial charge in [0, 0.05) is 25.3 Å². The van der Waals surface area contributed by atoms with Crippen LogP contribution in [0.1, 0.15) is 31.2 Å². The Labute approximate surface area is 152 Å². The number of carbonyl (C=O) groups excluding carboxylic acids is 1. The molecule has 1 amide bonds. The fraction of sp³-hybridized carbons (Fsp3) is 0.571. The largest absolute Gasteiger partial charge is 0.311 e. The smallest absolute Gasteiger partial charge is 0.241 e. The predicted octanol–water partition coefficient (Wildman–Crippen LogP) is 3.14. The van der Waals surface area contributed by atoms with Crippen LogP contribution in [0.5, 0.6) is 0 Å². The first-order valence-electron chi connectivity index (χ1n) is 9.57. The van der Waals surface area contributed by atoms with Crippen molar-refractivity contribution in [1.29, 1.82) is 0 Å². The number of carbonyl (C=O) groups is 1. The van der Waals surface area contributed by atoms with Crippen molar-refractivity contribution in [3.05, 3.63) is 42.5 Å². The molecular weight excluding hydrogens is 310 g/mol. The summed E-state index contributed by atoms with van der Waals surface area (Å²) in [6.07, 6.45) is 6.47. The third-order valence-corrected chi connectivity index (χ3v) is 5.58. The van der Waals surface area contributed by atoms with E-state index in [1.165, 1.54) is 31.5 Å². The second kappa shape index (κ2) is 8.63. The molecule has 0 spiro atoms. The van der Waals surface area contributed by atoms with E-state index < -0.39 is 0 Å². The van der Waals surface area contributed by atoms with Crippen LogP contribution in [-0.2, 0) is 11.3 Å². The maximum Gasteiger partial charge on any atom is 0.241 e. The molecule has 1 saturated heterocycles. The van der Waals surface area contributed by atoms with E-state index >= 15 is 0 Å². The minimum absolute atomic E-state index is 0.238. The van der Waals surface area contributed by atoms with Gasteiger partial charge in [-0.2, -0.15) is 0 Å². The Morgan fingerprint density at radius 2 is 1.92 bits per heavy atom. The zero-order valence-corrected chi connectivity index (χ0v) is 15.5. The van der Waals surface area contributed by atoms with Crippen molar-refractivity contribution in [1.82, 2.24) is 9.80 Å². The zero-order valence-electron chi connectivity index (χ0n) is 15.5. The molecule has 136 valence electrons. The molecule has 1 aromatic carbocycles. The topological polar surface area (TPSA) is 26.8 Å². The van der Waals surface area contributed by atoms with Gasteiger partial charge in [0.2, 0.25) is 5.91 Å². The summed E-state index contributed by atoms with van der Waals surface area (Å²) in [6.45, 7) is 9.28. The number of piperidine rings is 1. The summed E-state index contributed by atoms with van der Waals surface area (Å²) >= 11 is 0. The van der Waals surface area contributed by atoms with Crippen LogP contribution in [0.4, 0.5) is 5.69 Å². The van der Waals surface area contributed by atoms with Gasteiger partial charge in [0.15, 0.2) is 0 Å². The van der Waals surface area contributed by atoms with Gasteiger partial charge in [0.1, 0.15) is 0 Å². The fourth-order valence-corrected chi connectivity index (χ4v) is 3.96. The first-order valence-corrected chi connectivity index (χ1v) is 9.57. The van der Waals surface area contributed by atoms with E-state index in [0.717, 1.165) is 44.1 Å². The number of benzene rings is 1. The Bertz CT molecular complexity index is 593. The first-order chi connectivity index (χ1) is 12.2. The molecule has 1 fully saturated rings. The van der Waals surface area contributed by atoms with Crippen molar-refractivity contribution in [2.24, 2.45) is 5.92 Å². The van der Waals surface area contributed by atoms with Crippen molar-refractivity contribution in [3.63, 3.8) is 0 Å². The minimum Gasteiger partial charge on any atom is -0.311 e. The number of para-hydroxylation sites is 1. The number of hydrogen-bond acceptors (Lipinski definition) is 3. The molecule has 0 saturated carbocycles. The number of likely N-dealkylation sites (tertiary alicyclic amines) is 1. The summed E-state index contributed by atoms with van der Waals surface area (Å²) in [7, 11) is 2.20. The molecule has 3 rings (SSSR count). The predicted molar refractivity (Wildman–Crippen MR) is 104 cm³/mol. The highest BCUT2D eigenvalue weighted by atomic mass is 16.2. The standard InChI is InChI=1S/C21H31N3O/c1-3-4-12-23-16-19-7-5-6-8-20(19)24(21(25)17-23)15-11-18-9-13-22(2)14-10-18/h3,5-8,18H,1,4,9-17H2,2H3. The van der Waals surface area contributed by atoms with Gasteiger partial charge in [0.05, 0.1) is 6.54 Å². The fourth-order valence-electron chi connectivity index (χ4n) is 3.96. The van der Waals surface area contributed by atoms with Crippen molar-refractivity contribution >= 4 is 11.6 Å². The molecule has 2 heterocycles. The van der Waals surface area contributed by atoms with Gasteiger partial charge in [-0.05, 0) is 63.4 Å². The Kier molecular flexibility index (Phi) is 6.27. The summed E-state index contributed by atoms with van der Waals surface area (Å²) < 4.78 is 0. The molecule has 0 aromatic heterocycles. The van der Waals surface area contributed by atoms with Crippen LogP contribution in [0.25, 0.3) is 0 Å². The maximum absolute atomic E-state index is 12.9. The summed E-state index contributed by atoms with van der Waals surface area (Å²) in [6, 6.07) is 8.40. The molecule has 1 aromatic rings. The molecule has 2 aliphatic heterocycles. The second-order valence-corrected chi connectivity index (χ2v) is 7.50. The van der Waals surface area contributed by atoms with E-state index in [4.69, 9.17) is 0 Å². The van der Waals surface area contributed by atoms with Gasteiger partial charge in [-0.3, -0.25) is 9.69 Å². The first kappa shape index (κ1) is 18.2. The number of nitrogens with zero attached hydrogens (tertiary/aromatic N) is 3. The lowest BCUT2D eigenvalue weighted by atomic mass is 9.93. The molecule has 0 aliphatic carbocycles. The highest BCUT2D eigenvalue weighted by molar-refractivity contribution is 5.96. The highest BCUT2D eigenvalue weighted by Gasteiger charge is 2.27. The summed E-state index contributed by atoms with van der Waals surface area (Å²) in [5, 5.41) is 0. The van der Waals surface area contributed by atoms with E-state index in [2.05, 4.69) is 41.6 Å². The molecule has 25 heavy (non-hydrogen) atoms. The third-order valence-electron chi connectivity index (χ3n) is 5.58. The number of rotatable bonds is 6. The quantitative estimate of drug-likeness (QED) is 0.744. The van der Waals surface area contributed by atoms with Gasteiger partial charge in [-0.25, -0.2) is 0 Å². The van der Waals surface area contributed by atoms with Crippen molar-refractivity contribution in [2.75, 3.05) is 44.7 Å². The normalized spacial score (nSPS) is 20.4. The molecule has 4 nitrogen and oxygen atoms in total. The number of anilines is 1. The van der Waals surface area contributed by atoms with Gasteiger partial charge >= 0.3 is 0 Å². The molecule has 0 bridgehead atoms. The zero-order chi connectivity index (χ0) is 17.6. The van der Waals surface area contributed by atoms with E-state index in [1.807, 2.05) is 17.0 Å². The lowest BCUT2D eigenvalue weighted by molar-refractivity contribution is -0.119. The summed E-state index contributed by atoms with van der Waals surface area (Å²) in [4.78, 5) is 19.6. The van der Waals surface area contributed by atoms with E-state index in [-0.39, 0.29) is 5.91 Å². The molecular formula is C21H31N3O. The Balaban J connectivity index is 1.69. The van der Waals surface area contributed by atoms with Crippen LogP contribution in [0.3, 0.4) is 0 Å². The molecule has 0 unspecified atom stereocenters. The number of amides is 1. The SMILES string of the molecule is C=CCCN1CC(=O)N(CCC2CCN(C)CC2)c2ccccc2C1. The highest BCUT2D eigenvalue weighted by Crippen LogP contribution is 2.28. The molecule has 2 aliphatic rings. The molecule has 4 heteroatoms. The van der Waals surface area contributed by atoms with Gasteiger partial charge in [-0.15, -0.1) is 6.58 Å². The van der Waals surface area contributed by atoms with Crippen LogP contribution in [0.2, 0.25) is 0 Å². The van der Waals surface area contributed by atoms with Crippen LogP contribution in [-0.4, -0.2) is 55.5 Å². The lowest BCUT2D eigenvalue weighted by Crippen LogP contribution is -2.39. The molecule has 0 radical (unpaired) electrons. The van der Waals surface area contributed by atoms with E-state index in [0.29, 0.717) is 6.54 Å². The second-order valence-electron chi connectivity index (χ2n) is 7.50. The average molecular weight is 341 g/mol. The number of hydrogen-bond donors (Lipinski definition) is 0. The Hall–Kier alpha value is -1.65. The number of fused-ring (bicyclic) bond motifs is 1. The van der Waals surface area contributed by atoms with E-state index in [1.54, 1.807) is 0 Å². The van der Waals surface area contributed by atoms with Gasteiger partial charge in [-0.1, -0.05) is 24.3 Å². The van der Waals surface area contributed by atoms with Crippen molar-refractivity contribution in [2.45, 2.75) is 32.2 Å². The van der Waals surface area contributed by atoms with E-state index in [9.17, 15) is 4.79 Å². The monoisotopic (exact) mass is 341 g/mol. The Morgan fingerprint density at radius 1 is 1.16 bits per heavy atom. The summed E-state index contributed by atoms with van der Waals surface area (Å²) in [5.41, 5.74) is 2.38. The Morgan fingerprint density at radius 3 is 2.68 bits per heavy atom. The summed E-state index contributed by atoms with van der Waals surface area (Å²) in [5.74, 6) is 0.984. The van der Waals surface area contributed by atoms with Crippen LogP contribution in [0, 0.1) is 5.92 Å². The average Bonchev–Trinajstić information content (AvgIpc) is 2.75. The van der Waals surface area contributed by atoms with Crippen LogP contribution >= 0.6 is 0 Å². The van der Waals surface area contributed by atoms with Gasteiger partial charge in [0.25, 0.3) is 0 Å². The maximum atomic E-state index is 12.9. The molecule has 0 atom stereocenters. The lowest BCUT2D eigenvalue weighted by Gasteiger charge is -2.31. The van der Waals surface area contributed by atoms with Crippen molar-refractivity contribution in [3.8, 4) is 0 Å². The third kappa shape index (κ3) is 4.71. The van der Waals surface area contributed by atoms with Crippen molar-refractivity contribution < 1.29 is 4.79 Å².